The van der Waals surface area contributed by atoms with E-state index in [1.807, 2.05) is 0 Å². The average molecular weight is 409 g/mol. The van der Waals surface area contributed by atoms with E-state index in [0.717, 1.165) is 31.3 Å². The first-order chi connectivity index (χ1) is 14.0. The Hall–Kier alpha value is -1.60. The molecule has 3 heteroatoms. The maximum Gasteiger partial charge on any atom is 0.0700 e. The van der Waals surface area contributed by atoms with Crippen molar-refractivity contribution in [3.63, 3.8) is 0 Å². The number of allylic oxidation sites excluding steroid dienone is 7. The molecule has 0 amide bonds. The Labute approximate surface area is 181 Å². The zero-order valence-electron chi connectivity index (χ0n) is 18.8. The smallest absolute Gasteiger partial charge is 0.0700 e. The number of hydrogen-bond acceptors (Lipinski definition) is 3. The molecule has 0 aromatic rings. The first-order valence-corrected chi connectivity index (χ1v) is 11.4. The number of rotatable bonds is 2. The van der Waals surface area contributed by atoms with Gasteiger partial charge in [-0.2, -0.15) is 0 Å². The quantitative estimate of drug-likeness (QED) is 0.591. The van der Waals surface area contributed by atoms with Crippen molar-refractivity contribution in [1.29, 1.82) is 0 Å². The minimum atomic E-state index is -0.796. The molecule has 30 heavy (non-hydrogen) atoms. The lowest BCUT2D eigenvalue weighted by Gasteiger charge is -2.57. The molecule has 3 N–H and O–H groups in total. The zero-order valence-corrected chi connectivity index (χ0v) is 18.8. The lowest BCUT2D eigenvalue weighted by Crippen LogP contribution is -2.55. The Bertz CT molecular complexity index is 903. The highest BCUT2D eigenvalue weighted by molar-refractivity contribution is 5.62. The molecule has 0 aromatic heterocycles. The van der Waals surface area contributed by atoms with Crippen molar-refractivity contribution in [2.24, 2.45) is 22.7 Å². The third kappa shape index (κ3) is 3.34. The minimum Gasteiger partial charge on any atom is -0.393 e. The molecule has 0 saturated heterocycles. The summed E-state index contributed by atoms with van der Waals surface area (Å²) in [5.74, 6) is 6.95. The number of aliphatic hydroxyl groups excluding tert-OH is 2. The third-order valence-electron chi connectivity index (χ3n) is 8.33. The van der Waals surface area contributed by atoms with Crippen LogP contribution >= 0.6 is 0 Å². The van der Waals surface area contributed by atoms with Gasteiger partial charge in [0.15, 0.2) is 0 Å². The molecule has 0 bridgehead atoms. The van der Waals surface area contributed by atoms with Gasteiger partial charge in [-0.3, -0.25) is 0 Å². The van der Waals surface area contributed by atoms with E-state index in [1.54, 1.807) is 13.8 Å². The first kappa shape index (κ1) is 21.6. The second kappa shape index (κ2) is 7.23. The molecule has 4 rings (SSSR count). The molecule has 0 spiro atoms. The van der Waals surface area contributed by atoms with E-state index in [1.165, 1.54) is 16.7 Å². The van der Waals surface area contributed by atoms with E-state index in [4.69, 9.17) is 0 Å². The fourth-order valence-electron chi connectivity index (χ4n) is 6.50. The van der Waals surface area contributed by atoms with E-state index in [-0.39, 0.29) is 16.9 Å². The van der Waals surface area contributed by atoms with Gasteiger partial charge in [-0.05, 0) is 74.5 Å². The Morgan fingerprint density at radius 3 is 2.67 bits per heavy atom. The van der Waals surface area contributed by atoms with Crippen LogP contribution in [0.3, 0.4) is 0 Å². The number of hydrogen-bond donors (Lipinski definition) is 3. The van der Waals surface area contributed by atoms with Crippen molar-refractivity contribution in [3.8, 4) is 11.8 Å². The summed E-state index contributed by atoms with van der Waals surface area (Å²) in [5.41, 5.74) is 3.72. The fourth-order valence-corrected chi connectivity index (χ4v) is 6.50. The monoisotopic (exact) mass is 408 g/mol. The van der Waals surface area contributed by atoms with Crippen LogP contribution < -0.4 is 0 Å². The van der Waals surface area contributed by atoms with Crippen molar-refractivity contribution in [2.45, 2.75) is 84.0 Å². The SMILES string of the molecule is C=C(C#CCC(C)(C)O)C1=CC=C2C3=CCC4CC(O)CC(O)[C@]4(C)[C@H]3CC[C@]12C. The maximum absolute atomic E-state index is 11.0. The summed E-state index contributed by atoms with van der Waals surface area (Å²) in [5, 5.41) is 31.1. The van der Waals surface area contributed by atoms with E-state index >= 15 is 0 Å². The standard InChI is InChI=1S/C27H36O3/c1-17(7-6-13-25(2,3)30)21-10-11-22-20-9-8-18-15-19(28)16-24(29)27(18,5)23(20)12-14-26(21,22)4/h9-11,18-19,23-24,28-30H,1,8,12-16H2,2-5H3/t18?,19?,23-,24?,26+,27-/m0/s1. The van der Waals surface area contributed by atoms with Gasteiger partial charge in [0.05, 0.1) is 17.8 Å². The summed E-state index contributed by atoms with van der Waals surface area (Å²) < 4.78 is 0. The van der Waals surface area contributed by atoms with Crippen molar-refractivity contribution in [3.05, 3.63) is 47.1 Å². The highest BCUT2D eigenvalue weighted by Gasteiger charge is 2.57. The first-order valence-electron chi connectivity index (χ1n) is 11.4. The van der Waals surface area contributed by atoms with Gasteiger partial charge >= 0.3 is 0 Å². The van der Waals surface area contributed by atoms with Gasteiger partial charge < -0.3 is 15.3 Å². The van der Waals surface area contributed by atoms with Crippen molar-refractivity contribution in [1.82, 2.24) is 0 Å². The second-order valence-electron chi connectivity index (χ2n) is 11.0. The highest BCUT2D eigenvalue weighted by Crippen LogP contribution is 2.63. The van der Waals surface area contributed by atoms with Gasteiger partial charge in [0.25, 0.3) is 0 Å². The van der Waals surface area contributed by atoms with Gasteiger partial charge in [-0.25, -0.2) is 0 Å². The third-order valence-corrected chi connectivity index (χ3v) is 8.33. The van der Waals surface area contributed by atoms with Crippen LogP contribution in [-0.2, 0) is 0 Å². The molecule has 2 fully saturated rings. The molecule has 3 unspecified atom stereocenters. The number of aliphatic hydroxyl groups is 3. The van der Waals surface area contributed by atoms with Gasteiger partial charge in [-0.15, -0.1) is 0 Å². The molecule has 4 aliphatic rings. The summed E-state index contributed by atoms with van der Waals surface area (Å²) in [6.45, 7) is 12.3. The largest absolute Gasteiger partial charge is 0.393 e. The van der Waals surface area contributed by atoms with Crippen molar-refractivity contribution in [2.75, 3.05) is 0 Å². The van der Waals surface area contributed by atoms with Crippen LogP contribution in [0.1, 0.15) is 66.2 Å². The highest BCUT2D eigenvalue weighted by atomic mass is 16.3. The molecule has 4 aliphatic carbocycles. The molecule has 6 atom stereocenters. The normalized spacial score (nSPS) is 40.0. The van der Waals surface area contributed by atoms with Gasteiger partial charge in [0, 0.05) is 22.8 Å². The van der Waals surface area contributed by atoms with Crippen molar-refractivity contribution < 1.29 is 15.3 Å². The molecule has 0 radical (unpaired) electrons. The van der Waals surface area contributed by atoms with Crippen LogP contribution in [0.4, 0.5) is 0 Å². The molecular formula is C27H36O3. The summed E-state index contributed by atoms with van der Waals surface area (Å²) in [4.78, 5) is 0. The van der Waals surface area contributed by atoms with E-state index in [9.17, 15) is 15.3 Å². The van der Waals surface area contributed by atoms with Crippen LogP contribution in [0.5, 0.6) is 0 Å². The lowest BCUT2D eigenvalue weighted by molar-refractivity contribution is -0.117. The molecular weight excluding hydrogens is 372 g/mol. The Kier molecular flexibility index (Phi) is 5.21. The molecule has 0 aliphatic heterocycles. The summed E-state index contributed by atoms with van der Waals surface area (Å²) in [6.07, 6.45) is 10.6. The van der Waals surface area contributed by atoms with Crippen LogP contribution in [0, 0.1) is 34.5 Å². The van der Waals surface area contributed by atoms with Gasteiger partial charge in [-0.1, -0.05) is 50.5 Å². The predicted octanol–water partition coefficient (Wildman–Crippen LogP) is 4.46. The zero-order chi connectivity index (χ0) is 21.9. The molecule has 0 aromatic carbocycles. The minimum absolute atomic E-state index is 0.0921. The van der Waals surface area contributed by atoms with Gasteiger partial charge in [0.2, 0.25) is 0 Å². The van der Waals surface area contributed by atoms with Crippen LogP contribution in [0.15, 0.2) is 47.1 Å². The van der Waals surface area contributed by atoms with E-state index < -0.39 is 11.7 Å². The lowest BCUT2D eigenvalue weighted by atomic mass is 9.48. The van der Waals surface area contributed by atoms with Gasteiger partial charge in [0.1, 0.15) is 0 Å². The van der Waals surface area contributed by atoms with E-state index in [2.05, 4.69) is 50.5 Å². The average Bonchev–Trinajstić information content (AvgIpc) is 2.99. The Balaban J connectivity index is 1.60. The molecule has 0 heterocycles. The number of fused-ring (bicyclic) bond motifs is 5. The Morgan fingerprint density at radius 1 is 1.23 bits per heavy atom. The van der Waals surface area contributed by atoms with Crippen LogP contribution in [-0.4, -0.2) is 33.1 Å². The van der Waals surface area contributed by atoms with E-state index in [0.29, 0.717) is 24.7 Å². The fraction of sp³-hybridized carbons (Fsp3) is 0.630. The molecule has 2 saturated carbocycles. The Morgan fingerprint density at radius 2 is 1.97 bits per heavy atom. The second-order valence-corrected chi connectivity index (χ2v) is 11.0. The molecule has 3 nitrogen and oxygen atoms in total. The topological polar surface area (TPSA) is 60.7 Å². The molecule has 162 valence electrons. The van der Waals surface area contributed by atoms with Crippen LogP contribution in [0.2, 0.25) is 0 Å². The predicted molar refractivity (Wildman–Crippen MR) is 120 cm³/mol. The maximum atomic E-state index is 11.0. The summed E-state index contributed by atoms with van der Waals surface area (Å²) >= 11 is 0. The summed E-state index contributed by atoms with van der Waals surface area (Å²) in [6, 6.07) is 0. The summed E-state index contributed by atoms with van der Waals surface area (Å²) in [7, 11) is 0. The van der Waals surface area contributed by atoms with Crippen molar-refractivity contribution >= 4 is 0 Å². The van der Waals surface area contributed by atoms with Crippen LogP contribution in [0.25, 0.3) is 0 Å².